The Morgan fingerprint density at radius 2 is 0.808 bits per heavy atom. The van der Waals surface area contributed by atoms with Gasteiger partial charge in [-0.15, -0.1) is 20.5 Å². The first kappa shape index (κ1) is 63.6. The van der Waals surface area contributed by atoms with Crippen molar-refractivity contribution in [1.29, 1.82) is 10.5 Å². The van der Waals surface area contributed by atoms with Crippen LogP contribution < -0.4 is 11.1 Å². The lowest BCUT2D eigenvalue weighted by Crippen LogP contribution is -2.39. The molecule has 4 aromatic rings. The maximum Gasteiger partial charge on any atom is 0.271 e. The largest absolute Gasteiger partial charge is 0.493 e. The number of aromatic hydroxyl groups is 2. The average Bonchev–Trinajstić information content (AvgIpc) is 3.45. The Morgan fingerprint density at radius 3 is 1.08 bits per heavy atom. The van der Waals surface area contributed by atoms with E-state index in [9.17, 15) is 39.9 Å². The predicted octanol–water partition coefficient (Wildman–Crippen LogP) is 15.1. The van der Waals surface area contributed by atoms with Crippen molar-refractivity contribution in [3.63, 3.8) is 0 Å². The molecule has 16 nitrogen and oxygen atoms in total. The molecule has 0 aliphatic carbocycles. The van der Waals surface area contributed by atoms with Crippen LogP contribution in [-0.4, -0.2) is 67.1 Å². The minimum absolute atomic E-state index is 0.0453. The maximum atomic E-state index is 14.6. The summed E-state index contributed by atoms with van der Waals surface area (Å²) in [6.07, 6.45) is 16.3. The molecule has 4 atom stereocenters. The van der Waals surface area contributed by atoms with Crippen molar-refractivity contribution in [2.24, 2.45) is 44.1 Å². The van der Waals surface area contributed by atoms with Crippen LogP contribution in [0.5, 0.6) is 11.8 Å². The summed E-state index contributed by atoms with van der Waals surface area (Å²) in [6.45, 7) is 21.7. The lowest BCUT2D eigenvalue weighted by atomic mass is 9.95. The molecule has 2 aromatic heterocycles. The molecule has 0 saturated carbocycles. The molecule has 4 rings (SSSR count). The molecule has 0 fully saturated rings. The van der Waals surface area contributed by atoms with Crippen LogP contribution in [0.2, 0.25) is 0 Å². The second-order valence-electron chi connectivity index (χ2n) is 21.0. The van der Waals surface area contributed by atoms with E-state index in [1.807, 2.05) is 21.9 Å². The summed E-state index contributed by atoms with van der Waals surface area (Å²) >= 11 is 0. The molecule has 2 amide bonds. The van der Waals surface area contributed by atoms with Crippen LogP contribution in [-0.2, 0) is 13.1 Å². The Kier molecular flexibility index (Phi) is 26.7. The number of aromatic nitrogens is 2. The Labute approximate surface area is 463 Å². The summed E-state index contributed by atoms with van der Waals surface area (Å²) < 4.78 is 1.70. The highest BCUT2D eigenvalue weighted by atomic mass is 16.3. The number of hydrogen-bond donors (Lipinski definition) is 2. The second-order valence-corrected chi connectivity index (χ2v) is 21.0. The van der Waals surface area contributed by atoms with Crippen LogP contribution in [0.25, 0.3) is 0 Å². The number of benzene rings is 2. The van der Waals surface area contributed by atoms with Gasteiger partial charge in [0.1, 0.15) is 23.3 Å². The number of rotatable bonds is 33. The summed E-state index contributed by atoms with van der Waals surface area (Å²) in [5.41, 5.74) is -1.68. The minimum Gasteiger partial charge on any atom is -0.493 e. The SMILES string of the molecule is CCCCC(CC)CN(CC(CC)CCCC)C(=O)c1ccccc1/N=N/c1c(C)c(C#N)c(=O)n(CCn2c(O)c(/N=N/c3ccccc3C(=O)N(CC(CC)CCCC)CC(CC)CCCC)c(C)c(C#N)c2=O)c1O. The monoisotopic (exact) mass is 1070 g/mol. The number of unbranched alkanes of at least 4 members (excludes halogenated alkanes) is 4. The molecular formula is C62H88N10O6. The first-order valence-corrected chi connectivity index (χ1v) is 29.0. The molecule has 0 saturated heterocycles. The third kappa shape index (κ3) is 16.8. The quantitative estimate of drug-likeness (QED) is 0.0436. The van der Waals surface area contributed by atoms with Gasteiger partial charge in [-0.2, -0.15) is 10.5 Å². The minimum atomic E-state index is -0.888. The Balaban J connectivity index is 1.76. The van der Waals surface area contributed by atoms with Crippen LogP contribution in [0.4, 0.5) is 22.7 Å². The van der Waals surface area contributed by atoms with Crippen molar-refractivity contribution in [3.05, 3.63) is 103 Å². The molecule has 2 aromatic carbocycles. The predicted molar refractivity (Wildman–Crippen MR) is 310 cm³/mol. The van der Waals surface area contributed by atoms with Gasteiger partial charge in [0.15, 0.2) is 11.4 Å². The van der Waals surface area contributed by atoms with Crippen LogP contribution in [0.1, 0.15) is 201 Å². The number of azo groups is 2. The highest BCUT2D eigenvalue weighted by molar-refractivity contribution is 5.99. The zero-order valence-corrected chi connectivity index (χ0v) is 48.5. The molecule has 0 radical (unpaired) electrons. The second kappa shape index (κ2) is 32.7. The number of nitrogens with zero attached hydrogens (tertiary/aromatic N) is 10. The fraction of sp³-hybridized carbons (Fsp3) is 0.581. The standard InChI is InChI=1S/C62H88N10O6/c1-11-19-27-45(15-5)39-69(40-46(16-6)28-20-12-2)57(73)49-31-23-25-33-53(49)65-67-55-43(9)51(37-63)59(75)71(61(55)77)35-36-72-60(76)52(38-64)44(10)56(62(72)78)68-66-54-34-26-24-32-50(54)58(74)70(41-47(17-7)29-21-13-3)42-48(18-8)30-22-14-4/h23-26,31-34,45-48,77-78H,11-22,27-30,35-36,39-42H2,1-10H3/b67-65+,68-66+. The summed E-state index contributed by atoms with van der Waals surface area (Å²) in [4.78, 5) is 61.0. The number of pyridine rings is 2. The van der Waals surface area contributed by atoms with E-state index in [0.717, 1.165) is 112 Å². The van der Waals surface area contributed by atoms with E-state index in [2.05, 4.69) is 75.8 Å². The zero-order chi connectivity index (χ0) is 57.3. The number of hydrogen-bond acceptors (Lipinski definition) is 12. The summed E-state index contributed by atoms with van der Waals surface area (Å²) in [6, 6.07) is 17.5. The van der Waals surface area contributed by atoms with Gasteiger partial charge >= 0.3 is 0 Å². The van der Waals surface area contributed by atoms with Crippen molar-refractivity contribution < 1.29 is 19.8 Å². The first-order valence-electron chi connectivity index (χ1n) is 29.0. The average molecular weight is 1070 g/mol. The van der Waals surface area contributed by atoms with Gasteiger partial charge in [-0.25, -0.2) is 0 Å². The number of nitriles is 2. The number of carbonyl (C=O) groups is 2. The molecule has 78 heavy (non-hydrogen) atoms. The highest BCUT2D eigenvalue weighted by Crippen LogP contribution is 2.36. The molecule has 0 aliphatic rings. The van der Waals surface area contributed by atoms with Crippen molar-refractivity contribution in [1.82, 2.24) is 18.9 Å². The lowest BCUT2D eigenvalue weighted by molar-refractivity contribution is 0.0679. The van der Waals surface area contributed by atoms with Gasteiger partial charge in [0.25, 0.3) is 22.9 Å². The molecule has 0 spiro atoms. The van der Waals surface area contributed by atoms with E-state index in [1.54, 1.807) is 48.5 Å². The van der Waals surface area contributed by atoms with Crippen molar-refractivity contribution >= 4 is 34.6 Å². The number of amides is 2. The van der Waals surface area contributed by atoms with E-state index >= 15 is 0 Å². The van der Waals surface area contributed by atoms with E-state index < -0.39 is 36.0 Å². The number of carbonyl (C=O) groups excluding carboxylic acids is 2. The van der Waals surface area contributed by atoms with E-state index in [-0.39, 0.29) is 56.8 Å². The van der Waals surface area contributed by atoms with Crippen LogP contribution in [0.3, 0.4) is 0 Å². The van der Waals surface area contributed by atoms with Gasteiger partial charge in [-0.1, -0.05) is 157 Å². The third-order valence-corrected chi connectivity index (χ3v) is 15.5. The fourth-order valence-electron chi connectivity index (χ4n) is 10.2. The Morgan fingerprint density at radius 1 is 0.513 bits per heavy atom. The lowest BCUT2D eigenvalue weighted by Gasteiger charge is -2.31. The highest BCUT2D eigenvalue weighted by Gasteiger charge is 2.28. The topological polar surface area (TPSA) is 222 Å². The molecule has 0 bridgehead atoms. The Hall–Kier alpha value is -6.94. The summed E-state index contributed by atoms with van der Waals surface area (Å²) in [5, 5.41) is 61.9. The summed E-state index contributed by atoms with van der Waals surface area (Å²) in [7, 11) is 0. The summed E-state index contributed by atoms with van der Waals surface area (Å²) in [5.74, 6) is -0.410. The normalized spacial score (nSPS) is 13.1. The van der Waals surface area contributed by atoms with E-state index in [1.165, 1.54) is 13.8 Å². The van der Waals surface area contributed by atoms with Crippen LogP contribution in [0.15, 0.2) is 78.6 Å². The zero-order valence-electron chi connectivity index (χ0n) is 48.5. The molecule has 16 heteroatoms. The Bertz CT molecular complexity index is 2650. The van der Waals surface area contributed by atoms with Crippen molar-refractivity contribution in [2.45, 2.75) is 185 Å². The first-order chi connectivity index (χ1) is 37.6. The maximum absolute atomic E-state index is 14.6. The van der Waals surface area contributed by atoms with Gasteiger partial charge in [0.2, 0.25) is 11.8 Å². The fourth-order valence-corrected chi connectivity index (χ4v) is 10.2. The molecule has 2 N–H and O–H groups in total. The van der Waals surface area contributed by atoms with Crippen molar-refractivity contribution in [3.8, 4) is 23.9 Å². The molecule has 4 unspecified atom stereocenters. The van der Waals surface area contributed by atoms with Crippen LogP contribution in [0, 0.1) is 60.2 Å². The molecule has 0 aliphatic heterocycles. The van der Waals surface area contributed by atoms with Gasteiger partial charge in [0, 0.05) is 50.4 Å². The van der Waals surface area contributed by atoms with Gasteiger partial charge in [-0.3, -0.25) is 28.3 Å². The smallest absolute Gasteiger partial charge is 0.271 e. The van der Waals surface area contributed by atoms with Crippen molar-refractivity contribution in [2.75, 3.05) is 26.2 Å². The van der Waals surface area contributed by atoms with E-state index in [0.29, 0.717) is 61.0 Å². The van der Waals surface area contributed by atoms with Crippen LogP contribution >= 0.6 is 0 Å². The third-order valence-electron chi connectivity index (χ3n) is 15.5. The van der Waals surface area contributed by atoms with Gasteiger partial charge in [-0.05, 0) is 87.5 Å². The van der Waals surface area contributed by atoms with E-state index in [4.69, 9.17) is 0 Å². The van der Waals surface area contributed by atoms with Gasteiger partial charge in [0.05, 0.1) is 22.5 Å². The molecule has 2 heterocycles. The molecule has 422 valence electrons. The molecular weight excluding hydrogens is 981 g/mol. The van der Waals surface area contributed by atoms with Gasteiger partial charge < -0.3 is 20.0 Å².